The molecule has 2 aliphatic rings. The van der Waals surface area contributed by atoms with Crippen molar-refractivity contribution < 1.29 is 22.3 Å². The first-order valence-corrected chi connectivity index (χ1v) is 10.3. The van der Waals surface area contributed by atoms with Crippen molar-refractivity contribution >= 4 is 15.9 Å². The average molecular weight is 370 g/mol. The molecular formula is C17H23FN2O4S. The van der Waals surface area contributed by atoms with Gasteiger partial charge in [-0.1, -0.05) is 12.1 Å². The van der Waals surface area contributed by atoms with Crippen LogP contribution in [0.3, 0.4) is 0 Å². The number of nitrogens with zero attached hydrogens (tertiary/aromatic N) is 1. The van der Waals surface area contributed by atoms with E-state index in [9.17, 15) is 17.6 Å². The van der Waals surface area contributed by atoms with Crippen LogP contribution in [0.1, 0.15) is 36.0 Å². The van der Waals surface area contributed by atoms with Crippen LogP contribution in [0.2, 0.25) is 0 Å². The van der Waals surface area contributed by atoms with E-state index >= 15 is 0 Å². The lowest BCUT2D eigenvalue weighted by Gasteiger charge is -2.46. The van der Waals surface area contributed by atoms with Crippen molar-refractivity contribution in [3.63, 3.8) is 0 Å². The Labute approximate surface area is 147 Å². The molecule has 2 aliphatic heterocycles. The van der Waals surface area contributed by atoms with Crippen molar-refractivity contribution in [2.75, 3.05) is 26.0 Å². The molecule has 1 aromatic carbocycles. The molecule has 25 heavy (non-hydrogen) atoms. The van der Waals surface area contributed by atoms with Crippen LogP contribution >= 0.6 is 0 Å². The first kappa shape index (κ1) is 18.3. The lowest BCUT2D eigenvalue weighted by Crippen LogP contribution is -2.54. The van der Waals surface area contributed by atoms with Crippen LogP contribution in [-0.4, -0.2) is 56.8 Å². The van der Waals surface area contributed by atoms with Crippen molar-refractivity contribution in [2.24, 2.45) is 0 Å². The maximum absolute atomic E-state index is 13.8. The number of rotatable bonds is 3. The standard InChI is InChI=1S/C17H23FN2O4S/c1-25(22,23)19-13-6-11-24-17(12-13)7-9-20(10-8-17)16(21)14-4-2-3-5-15(14)18/h2-5,13,19H,6-12H2,1H3/t13-/m0/s1. The summed E-state index contributed by atoms with van der Waals surface area (Å²) >= 11 is 0. The summed E-state index contributed by atoms with van der Waals surface area (Å²) in [5.41, 5.74) is -0.327. The summed E-state index contributed by atoms with van der Waals surface area (Å²) < 4.78 is 45.4. The summed E-state index contributed by atoms with van der Waals surface area (Å²) in [5.74, 6) is -0.825. The molecule has 0 bridgehead atoms. The fourth-order valence-electron chi connectivity index (χ4n) is 3.70. The van der Waals surface area contributed by atoms with E-state index in [4.69, 9.17) is 4.74 Å². The van der Waals surface area contributed by atoms with Crippen molar-refractivity contribution in [1.29, 1.82) is 0 Å². The van der Waals surface area contributed by atoms with E-state index < -0.39 is 21.4 Å². The Morgan fingerprint density at radius 2 is 2.00 bits per heavy atom. The first-order chi connectivity index (χ1) is 11.8. The minimum absolute atomic E-state index is 0.0830. The normalized spacial score (nSPS) is 23.6. The van der Waals surface area contributed by atoms with Gasteiger partial charge in [0.15, 0.2) is 0 Å². The lowest BCUT2D eigenvalue weighted by atomic mass is 9.82. The van der Waals surface area contributed by atoms with Gasteiger partial charge in [0, 0.05) is 25.7 Å². The minimum atomic E-state index is -3.26. The number of carbonyl (C=O) groups is 1. The maximum atomic E-state index is 13.8. The zero-order valence-electron chi connectivity index (χ0n) is 14.2. The number of piperidine rings is 1. The second kappa shape index (κ2) is 7.01. The predicted octanol–water partition coefficient (Wildman–Crippen LogP) is 1.53. The van der Waals surface area contributed by atoms with Gasteiger partial charge in [-0.25, -0.2) is 17.5 Å². The number of benzene rings is 1. The Morgan fingerprint density at radius 1 is 1.32 bits per heavy atom. The summed E-state index contributed by atoms with van der Waals surface area (Å²) in [5, 5.41) is 0. The Kier molecular flexibility index (Phi) is 5.13. The molecule has 1 atom stereocenters. The van der Waals surface area contributed by atoms with Gasteiger partial charge in [-0.3, -0.25) is 4.79 Å². The molecule has 6 nitrogen and oxygen atoms in total. The molecule has 0 radical (unpaired) electrons. The highest BCUT2D eigenvalue weighted by Crippen LogP contribution is 2.35. The third-order valence-electron chi connectivity index (χ3n) is 4.94. The fourth-order valence-corrected chi connectivity index (χ4v) is 4.51. The lowest BCUT2D eigenvalue weighted by molar-refractivity contribution is -0.113. The van der Waals surface area contributed by atoms with Crippen LogP contribution in [0.5, 0.6) is 0 Å². The van der Waals surface area contributed by atoms with E-state index in [2.05, 4.69) is 4.72 Å². The molecule has 2 saturated heterocycles. The van der Waals surface area contributed by atoms with E-state index in [-0.39, 0.29) is 17.5 Å². The number of halogens is 1. The Hall–Kier alpha value is -1.51. The number of nitrogens with one attached hydrogen (secondary N) is 1. The molecule has 1 aromatic rings. The zero-order valence-corrected chi connectivity index (χ0v) is 15.0. The monoisotopic (exact) mass is 370 g/mol. The third kappa shape index (κ3) is 4.37. The van der Waals surface area contributed by atoms with Crippen LogP contribution in [0.4, 0.5) is 4.39 Å². The van der Waals surface area contributed by atoms with Gasteiger partial charge in [0.2, 0.25) is 10.0 Å². The number of amides is 1. The number of carbonyl (C=O) groups excluding carboxylic acids is 1. The largest absolute Gasteiger partial charge is 0.375 e. The van der Waals surface area contributed by atoms with Crippen LogP contribution in [0.25, 0.3) is 0 Å². The van der Waals surface area contributed by atoms with E-state index in [1.54, 1.807) is 17.0 Å². The number of likely N-dealkylation sites (tertiary alicyclic amines) is 1. The van der Waals surface area contributed by atoms with Gasteiger partial charge in [0.25, 0.3) is 5.91 Å². The Morgan fingerprint density at radius 3 is 2.64 bits per heavy atom. The highest BCUT2D eigenvalue weighted by atomic mass is 32.2. The zero-order chi connectivity index (χ0) is 18.1. The molecule has 3 rings (SSSR count). The summed E-state index contributed by atoms with van der Waals surface area (Å²) in [6.07, 6.45) is 3.64. The van der Waals surface area contributed by atoms with Gasteiger partial charge in [0.05, 0.1) is 17.4 Å². The van der Waals surface area contributed by atoms with Gasteiger partial charge >= 0.3 is 0 Å². The van der Waals surface area contributed by atoms with Crippen LogP contribution in [-0.2, 0) is 14.8 Å². The topological polar surface area (TPSA) is 75.7 Å². The minimum Gasteiger partial charge on any atom is -0.375 e. The highest BCUT2D eigenvalue weighted by molar-refractivity contribution is 7.88. The van der Waals surface area contributed by atoms with Gasteiger partial charge in [0.1, 0.15) is 5.82 Å². The van der Waals surface area contributed by atoms with E-state index in [1.165, 1.54) is 12.1 Å². The van der Waals surface area contributed by atoms with Crippen LogP contribution < -0.4 is 4.72 Å². The molecule has 1 amide bonds. The maximum Gasteiger partial charge on any atom is 0.256 e. The predicted molar refractivity (Wildman–Crippen MR) is 91.2 cm³/mol. The fraction of sp³-hybridized carbons (Fsp3) is 0.588. The van der Waals surface area contributed by atoms with Crippen LogP contribution in [0.15, 0.2) is 24.3 Å². The van der Waals surface area contributed by atoms with Gasteiger partial charge in [-0.2, -0.15) is 0 Å². The molecule has 2 fully saturated rings. The molecule has 0 saturated carbocycles. The third-order valence-corrected chi connectivity index (χ3v) is 5.70. The summed E-state index contributed by atoms with van der Waals surface area (Å²) in [7, 11) is -3.26. The molecule has 138 valence electrons. The number of sulfonamides is 1. The number of hydrogen-bond donors (Lipinski definition) is 1. The van der Waals surface area contributed by atoms with Crippen molar-refractivity contribution in [3.8, 4) is 0 Å². The van der Waals surface area contributed by atoms with Crippen molar-refractivity contribution in [3.05, 3.63) is 35.6 Å². The van der Waals surface area contributed by atoms with Crippen LogP contribution in [0, 0.1) is 5.82 Å². The molecular weight excluding hydrogens is 347 g/mol. The molecule has 0 aromatic heterocycles. The smallest absolute Gasteiger partial charge is 0.256 e. The van der Waals surface area contributed by atoms with E-state index in [1.807, 2.05) is 0 Å². The Bertz CT molecular complexity index is 745. The second-order valence-electron chi connectivity index (χ2n) is 6.88. The van der Waals surface area contributed by atoms with E-state index in [0.29, 0.717) is 45.4 Å². The Balaban J connectivity index is 1.63. The molecule has 2 heterocycles. The first-order valence-electron chi connectivity index (χ1n) is 8.43. The number of hydrogen-bond acceptors (Lipinski definition) is 4. The second-order valence-corrected chi connectivity index (χ2v) is 8.66. The molecule has 8 heteroatoms. The molecule has 0 aliphatic carbocycles. The number of ether oxygens (including phenoxy) is 1. The van der Waals surface area contributed by atoms with Gasteiger partial charge in [-0.15, -0.1) is 0 Å². The SMILES string of the molecule is CS(=O)(=O)N[C@H]1CCOC2(CCN(C(=O)c3ccccc3F)CC2)C1. The summed E-state index contributed by atoms with van der Waals surface area (Å²) in [6, 6.07) is 5.84. The summed E-state index contributed by atoms with van der Waals surface area (Å²) in [4.78, 5) is 14.1. The van der Waals surface area contributed by atoms with Gasteiger partial charge < -0.3 is 9.64 Å². The molecule has 1 spiro atoms. The quantitative estimate of drug-likeness (QED) is 0.876. The average Bonchev–Trinajstić information content (AvgIpc) is 2.54. The summed E-state index contributed by atoms with van der Waals surface area (Å²) in [6.45, 7) is 1.44. The molecule has 1 N–H and O–H groups in total. The van der Waals surface area contributed by atoms with Gasteiger partial charge in [-0.05, 0) is 37.8 Å². The highest BCUT2D eigenvalue weighted by Gasteiger charge is 2.42. The van der Waals surface area contributed by atoms with Crippen molar-refractivity contribution in [2.45, 2.75) is 37.3 Å². The van der Waals surface area contributed by atoms with E-state index in [0.717, 1.165) is 6.26 Å². The molecule has 0 unspecified atom stereocenters. The van der Waals surface area contributed by atoms with Crippen molar-refractivity contribution in [1.82, 2.24) is 9.62 Å².